The lowest BCUT2D eigenvalue weighted by Crippen LogP contribution is -2.00. The molecule has 62 heavy (non-hydrogen) atoms. The SMILES string of the molecule is c1ccc(-c2cccc(-c3nc(-c4cccc(-c5ccccc5)c4)nc(-c4ccc5oc6cc7c(cc6c5c4)c4ccccc4n7-c4cccc(-c5ccccc5)c4)n3)c2)cc1. The maximum Gasteiger partial charge on any atom is 0.164 e. The van der Waals surface area contributed by atoms with Gasteiger partial charge in [-0.05, 0) is 88.0 Å². The van der Waals surface area contributed by atoms with Crippen LogP contribution in [0.1, 0.15) is 0 Å². The van der Waals surface area contributed by atoms with Gasteiger partial charge in [-0.2, -0.15) is 0 Å². The minimum absolute atomic E-state index is 0.590. The topological polar surface area (TPSA) is 56.7 Å². The zero-order valence-corrected chi connectivity index (χ0v) is 33.5. The van der Waals surface area contributed by atoms with Gasteiger partial charge in [0.15, 0.2) is 17.5 Å². The highest BCUT2D eigenvalue weighted by Gasteiger charge is 2.19. The van der Waals surface area contributed by atoms with Crippen LogP contribution in [0.3, 0.4) is 0 Å². The van der Waals surface area contributed by atoms with Gasteiger partial charge in [0.2, 0.25) is 0 Å². The standard InChI is InChI=1S/C57H36N4O/c1-4-15-37(16-5-1)40-21-12-24-43(31-40)55-58-56(44-25-13-22-41(32-44)38-17-6-2-7-18-38)60-57(59-55)45-29-30-53-49(34-45)50-35-48-47-27-10-11-28-51(47)61(52(48)36-54(50)62-53)46-26-14-23-42(33-46)39-19-8-3-9-20-39/h1-36H. The minimum Gasteiger partial charge on any atom is -0.456 e. The van der Waals surface area contributed by atoms with Crippen molar-refractivity contribution in [3.63, 3.8) is 0 Å². The second-order valence-electron chi connectivity index (χ2n) is 15.6. The maximum absolute atomic E-state index is 6.66. The smallest absolute Gasteiger partial charge is 0.164 e. The fourth-order valence-electron chi connectivity index (χ4n) is 8.81. The second-order valence-corrected chi connectivity index (χ2v) is 15.6. The Labute approximate surface area is 357 Å². The number of hydrogen-bond donors (Lipinski definition) is 0. The van der Waals surface area contributed by atoms with E-state index in [9.17, 15) is 0 Å². The summed E-state index contributed by atoms with van der Waals surface area (Å²) in [5, 5.41) is 4.38. The van der Waals surface area contributed by atoms with Crippen molar-refractivity contribution in [1.29, 1.82) is 0 Å². The lowest BCUT2D eigenvalue weighted by atomic mass is 10.0. The molecule has 0 atom stereocenters. The predicted octanol–water partition coefficient (Wildman–Crippen LogP) is 14.9. The van der Waals surface area contributed by atoms with Gasteiger partial charge in [-0.15, -0.1) is 0 Å². The van der Waals surface area contributed by atoms with Crippen molar-refractivity contribution < 1.29 is 4.42 Å². The molecule has 3 heterocycles. The third kappa shape index (κ3) is 6.23. The Bertz CT molecular complexity index is 3530. The van der Waals surface area contributed by atoms with Gasteiger partial charge < -0.3 is 8.98 Å². The Morgan fingerprint density at radius 3 is 1.34 bits per heavy atom. The molecule has 0 radical (unpaired) electrons. The summed E-state index contributed by atoms with van der Waals surface area (Å²) < 4.78 is 9.01. The summed E-state index contributed by atoms with van der Waals surface area (Å²) in [5.41, 5.74) is 14.5. The van der Waals surface area contributed by atoms with Crippen LogP contribution in [0.2, 0.25) is 0 Å². The van der Waals surface area contributed by atoms with Crippen LogP contribution in [-0.2, 0) is 0 Å². The molecule has 9 aromatic carbocycles. The number of nitrogens with zero attached hydrogens (tertiary/aromatic N) is 4. The molecule has 0 N–H and O–H groups in total. The molecule has 0 aliphatic carbocycles. The van der Waals surface area contributed by atoms with Crippen LogP contribution in [0.25, 0.3) is 117 Å². The second kappa shape index (κ2) is 14.7. The third-order valence-corrected chi connectivity index (χ3v) is 11.8. The quantitative estimate of drug-likeness (QED) is 0.161. The van der Waals surface area contributed by atoms with Gasteiger partial charge in [0.05, 0.1) is 11.0 Å². The van der Waals surface area contributed by atoms with E-state index in [1.165, 1.54) is 16.5 Å². The summed E-state index contributed by atoms with van der Waals surface area (Å²) in [6.45, 7) is 0. The first-order valence-corrected chi connectivity index (χ1v) is 20.8. The Balaban J connectivity index is 1.02. The van der Waals surface area contributed by atoms with E-state index in [1.54, 1.807) is 0 Å². The van der Waals surface area contributed by atoms with Crippen molar-refractivity contribution in [3.05, 3.63) is 218 Å². The number of fused-ring (bicyclic) bond motifs is 6. The van der Waals surface area contributed by atoms with E-state index in [0.29, 0.717) is 17.5 Å². The molecule has 3 aromatic heterocycles. The average molecular weight is 793 g/mol. The molecule has 12 rings (SSSR count). The zero-order valence-electron chi connectivity index (χ0n) is 33.5. The molecule has 0 unspecified atom stereocenters. The summed E-state index contributed by atoms with van der Waals surface area (Å²) in [7, 11) is 0. The van der Waals surface area contributed by atoms with E-state index in [-0.39, 0.29) is 0 Å². The van der Waals surface area contributed by atoms with E-state index in [0.717, 1.165) is 83.0 Å². The Morgan fingerprint density at radius 2 is 0.742 bits per heavy atom. The van der Waals surface area contributed by atoms with Crippen LogP contribution < -0.4 is 0 Å². The maximum atomic E-state index is 6.66. The Hall–Kier alpha value is -8.41. The first kappa shape index (κ1) is 35.5. The van der Waals surface area contributed by atoms with Crippen molar-refractivity contribution >= 4 is 43.7 Å². The highest BCUT2D eigenvalue weighted by atomic mass is 16.3. The molecular formula is C57H36N4O. The van der Waals surface area contributed by atoms with Crippen molar-refractivity contribution in [2.45, 2.75) is 0 Å². The van der Waals surface area contributed by atoms with Gasteiger partial charge in [0.1, 0.15) is 11.2 Å². The largest absolute Gasteiger partial charge is 0.456 e. The van der Waals surface area contributed by atoms with Crippen molar-refractivity contribution in [1.82, 2.24) is 19.5 Å². The lowest BCUT2D eigenvalue weighted by molar-refractivity contribution is 0.669. The normalized spacial score (nSPS) is 11.5. The predicted molar refractivity (Wildman–Crippen MR) is 254 cm³/mol. The summed E-state index contributed by atoms with van der Waals surface area (Å²) in [4.78, 5) is 15.5. The summed E-state index contributed by atoms with van der Waals surface area (Å²) in [6.07, 6.45) is 0. The zero-order chi connectivity index (χ0) is 41.0. The highest BCUT2D eigenvalue weighted by Crippen LogP contribution is 2.40. The van der Waals surface area contributed by atoms with Gasteiger partial charge >= 0.3 is 0 Å². The number of benzene rings is 9. The average Bonchev–Trinajstić information content (AvgIpc) is 3.88. The molecule has 0 aliphatic heterocycles. The molecule has 5 heteroatoms. The van der Waals surface area contributed by atoms with Gasteiger partial charge in [0.25, 0.3) is 0 Å². The van der Waals surface area contributed by atoms with Crippen LogP contribution in [0.4, 0.5) is 0 Å². The molecule has 0 aliphatic rings. The monoisotopic (exact) mass is 792 g/mol. The fraction of sp³-hybridized carbons (Fsp3) is 0. The first-order valence-electron chi connectivity index (χ1n) is 20.8. The van der Waals surface area contributed by atoms with Crippen LogP contribution in [-0.4, -0.2) is 19.5 Å². The van der Waals surface area contributed by atoms with Gasteiger partial charge in [0, 0.05) is 50.0 Å². The molecule has 0 fully saturated rings. The Kier molecular flexibility index (Phi) is 8.42. The minimum atomic E-state index is 0.590. The Morgan fingerprint density at radius 1 is 0.274 bits per heavy atom. The molecular weight excluding hydrogens is 757 g/mol. The number of aromatic nitrogens is 4. The van der Waals surface area contributed by atoms with Gasteiger partial charge in [-0.1, -0.05) is 158 Å². The lowest BCUT2D eigenvalue weighted by Gasteiger charge is -2.11. The number of para-hydroxylation sites is 1. The van der Waals surface area contributed by atoms with Crippen molar-refractivity contribution in [2.24, 2.45) is 0 Å². The molecule has 5 nitrogen and oxygen atoms in total. The first-order chi connectivity index (χ1) is 30.7. The van der Waals surface area contributed by atoms with Crippen LogP contribution in [0, 0.1) is 0 Å². The highest BCUT2D eigenvalue weighted by molar-refractivity contribution is 6.17. The molecule has 0 saturated heterocycles. The molecule has 0 saturated carbocycles. The van der Waals surface area contributed by atoms with Crippen LogP contribution in [0.5, 0.6) is 0 Å². The van der Waals surface area contributed by atoms with Gasteiger partial charge in [-0.3, -0.25) is 0 Å². The summed E-state index contributed by atoms with van der Waals surface area (Å²) in [5.74, 6) is 1.80. The van der Waals surface area contributed by atoms with Crippen LogP contribution in [0.15, 0.2) is 223 Å². The fourth-order valence-corrected chi connectivity index (χ4v) is 8.81. The molecule has 290 valence electrons. The number of rotatable bonds is 7. The molecule has 12 aromatic rings. The van der Waals surface area contributed by atoms with Gasteiger partial charge in [-0.25, -0.2) is 15.0 Å². The summed E-state index contributed by atoms with van der Waals surface area (Å²) in [6, 6.07) is 76.3. The summed E-state index contributed by atoms with van der Waals surface area (Å²) >= 11 is 0. The van der Waals surface area contributed by atoms with Crippen molar-refractivity contribution in [2.75, 3.05) is 0 Å². The number of hydrogen-bond acceptors (Lipinski definition) is 4. The third-order valence-electron chi connectivity index (χ3n) is 11.8. The van der Waals surface area contributed by atoms with E-state index in [1.807, 2.05) is 18.2 Å². The van der Waals surface area contributed by atoms with E-state index in [2.05, 4.69) is 205 Å². The molecule has 0 amide bonds. The van der Waals surface area contributed by atoms with E-state index < -0.39 is 0 Å². The van der Waals surface area contributed by atoms with Crippen molar-refractivity contribution in [3.8, 4) is 73.2 Å². The van der Waals surface area contributed by atoms with Crippen LogP contribution >= 0.6 is 0 Å². The molecule has 0 bridgehead atoms. The molecule has 0 spiro atoms. The number of furan rings is 1. The van der Waals surface area contributed by atoms with E-state index >= 15 is 0 Å². The van der Waals surface area contributed by atoms with E-state index in [4.69, 9.17) is 19.4 Å².